The van der Waals surface area contributed by atoms with Gasteiger partial charge in [0, 0.05) is 19.3 Å². The first-order valence-electron chi connectivity index (χ1n) is 28.6. The molecule has 384 valence electrons. The van der Waals surface area contributed by atoms with Crippen LogP contribution in [0.3, 0.4) is 0 Å². The Morgan fingerprint density at radius 1 is 0.318 bits per heavy atom. The lowest BCUT2D eigenvalue weighted by Gasteiger charge is -2.18. The van der Waals surface area contributed by atoms with Gasteiger partial charge < -0.3 is 14.2 Å². The number of carbonyl (C=O) groups is 3. The number of ether oxygens (including phenoxy) is 3. The van der Waals surface area contributed by atoms with Crippen LogP contribution in [0.5, 0.6) is 0 Å². The summed E-state index contributed by atoms with van der Waals surface area (Å²) in [6.07, 6.45) is 66.7. The molecule has 0 saturated carbocycles. The Balaban J connectivity index is 4.38. The summed E-state index contributed by atoms with van der Waals surface area (Å²) in [6.45, 7) is 6.54. The van der Waals surface area contributed by atoms with Gasteiger partial charge in [0.2, 0.25) is 0 Å². The van der Waals surface area contributed by atoms with E-state index in [4.69, 9.17) is 14.2 Å². The van der Waals surface area contributed by atoms with Gasteiger partial charge in [-0.25, -0.2) is 0 Å². The molecule has 66 heavy (non-hydrogen) atoms. The van der Waals surface area contributed by atoms with Crippen LogP contribution < -0.4 is 0 Å². The van der Waals surface area contributed by atoms with Crippen LogP contribution in [-0.4, -0.2) is 37.2 Å². The number of esters is 3. The summed E-state index contributed by atoms with van der Waals surface area (Å²) in [4.78, 5) is 38.1. The minimum atomic E-state index is -0.782. The van der Waals surface area contributed by atoms with Crippen LogP contribution in [0.4, 0.5) is 0 Å². The summed E-state index contributed by atoms with van der Waals surface area (Å²) in [7, 11) is 0. The summed E-state index contributed by atoms with van der Waals surface area (Å²) in [6, 6.07) is 0. The number of unbranched alkanes of at least 4 members (excludes halogenated alkanes) is 33. The summed E-state index contributed by atoms with van der Waals surface area (Å²) < 4.78 is 16.9. The van der Waals surface area contributed by atoms with E-state index in [0.29, 0.717) is 19.3 Å². The molecule has 0 heterocycles. The Kier molecular flexibility index (Phi) is 52.8. The van der Waals surface area contributed by atoms with Crippen molar-refractivity contribution in [3.05, 3.63) is 48.6 Å². The molecule has 0 aromatic heterocycles. The predicted octanol–water partition coefficient (Wildman–Crippen LogP) is 19.0. The number of allylic oxidation sites excluding steroid dienone is 8. The highest BCUT2D eigenvalue weighted by Crippen LogP contribution is 2.16. The molecule has 0 bridgehead atoms. The van der Waals surface area contributed by atoms with Gasteiger partial charge in [0.15, 0.2) is 6.10 Å². The van der Waals surface area contributed by atoms with Gasteiger partial charge in [-0.2, -0.15) is 0 Å². The number of rotatable bonds is 52. The molecule has 0 saturated heterocycles. The zero-order chi connectivity index (χ0) is 47.9. The average molecular weight is 926 g/mol. The second-order valence-electron chi connectivity index (χ2n) is 19.2. The van der Waals surface area contributed by atoms with Crippen molar-refractivity contribution in [2.45, 2.75) is 303 Å². The van der Waals surface area contributed by atoms with Gasteiger partial charge in [-0.1, -0.05) is 249 Å². The highest BCUT2D eigenvalue weighted by atomic mass is 16.6. The smallest absolute Gasteiger partial charge is 0.306 e. The second-order valence-corrected chi connectivity index (χ2v) is 19.2. The SMILES string of the molecule is CC/C=C\C/C=C\C/C=C\CCCCCCCC(=O)OC[C@H](COC(=O)CCCCCCCCCCCCCCCCCCC)OC(=O)CCCCCCC/C=C\CCCCCCCCC. The van der Waals surface area contributed by atoms with Crippen LogP contribution in [0.1, 0.15) is 297 Å². The molecule has 1 atom stereocenters. The Labute approximate surface area is 409 Å². The molecule has 0 aromatic carbocycles. The Bertz CT molecular complexity index is 1150. The molecule has 0 fully saturated rings. The van der Waals surface area contributed by atoms with E-state index in [1.165, 1.54) is 148 Å². The molecule has 6 heteroatoms. The standard InChI is InChI=1S/C60H108O6/c1-4-7-10-13-16-19-22-25-28-30-33-35-38-41-44-47-50-53-59(62)65-56-57(55-64-58(61)52-49-46-43-40-37-34-31-27-24-21-18-15-12-9-6-3)66-60(63)54-51-48-45-42-39-36-32-29-26-23-20-17-14-11-8-5-2/h9,12,18,21,27,29,31-32,57H,4-8,10-11,13-17,19-20,22-26,28,30,33-56H2,1-3H3/b12-9-,21-18-,31-27-,32-29-/t57-/m1/s1. The molecule has 0 N–H and O–H groups in total. The zero-order valence-corrected chi connectivity index (χ0v) is 44.0. The number of hydrogen-bond acceptors (Lipinski definition) is 6. The Hall–Kier alpha value is -2.63. The van der Waals surface area contributed by atoms with Crippen molar-refractivity contribution in [3.8, 4) is 0 Å². The fraction of sp³-hybridized carbons (Fsp3) is 0.817. The van der Waals surface area contributed by atoms with Crippen LogP contribution in [0.15, 0.2) is 48.6 Å². The van der Waals surface area contributed by atoms with Crippen molar-refractivity contribution in [2.24, 2.45) is 0 Å². The molecule has 6 nitrogen and oxygen atoms in total. The van der Waals surface area contributed by atoms with E-state index in [2.05, 4.69) is 69.4 Å². The third kappa shape index (κ3) is 52.3. The maximum atomic E-state index is 12.8. The molecular weight excluding hydrogens is 817 g/mol. The van der Waals surface area contributed by atoms with Crippen molar-refractivity contribution >= 4 is 17.9 Å². The predicted molar refractivity (Wildman–Crippen MR) is 284 cm³/mol. The first-order chi connectivity index (χ1) is 32.5. The topological polar surface area (TPSA) is 78.9 Å². The lowest BCUT2D eigenvalue weighted by Crippen LogP contribution is -2.30. The molecule has 0 aliphatic heterocycles. The monoisotopic (exact) mass is 925 g/mol. The van der Waals surface area contributed by atoms with E-state index in [1.54, 1.807) is 0 Å². The quantitative estimate of drug-likeness (QED) is 0.0262. The maximum Gasteiger partial charge on any atom is 0.306 e. The van der Waals surface area contributed by atoms with Gasteiger partial charge >= 0.3 is 17.9 Å². The van der Waals surface area contributed by atoms with E-state index in [0.717, 1.165) is 109 Å². The van der Waals surface area contributed by atoms with E-state index in [-0.39, 0.29) is 31.1 Å². The maximum absolute atomic E-state index is 12.8. The van der Waals surface area contributed by atoms with Crippen molar-refractivity contribution < 1.29 is 28.6 Å². The van der Waals surface area contributed by atoms with Gasteiger partial charge in [0.05, 0.1) is 0 Å². The molecule has 0 amide bonds. The third-order valence-electron chi connectivity index (χ3n) is 12.6. The third-order valence-corrected chi connectivity index (χ3v) is 12.6. The highest BCUT2D eigenvalue weighted by Gasteiger charge is 2.19. The minimum absolute atomic E-state index is 0.0790. The van der Waals surface area contributed by atoms with E-state index >= 15 is 0 Å². The molecule has 0 aliphatic rings. The first-order valence-corrected chi connectivity index (χ1v) is 28.6. The molecule has 0 radical (unpaired) electrons. The summed E-state index contributed by atoms with van der Waals surface area (Å²) in [5.74, 6) is -0.891. The normalized spacial score (nSPS) is 12.3. The van der Waals surface area contributed by atoms with Crippen LogP contribution in [0.25, 0.3) is 0 Å². The van der Waals surface area contributed by atoms with Crippen LogP contribution in [0, 0.1) is 0 Å². The summed E-state index contributed by atoms with van der Waals surface area (Å²) in [5, 5.41) is 0. The number of carbonyl (C=O) groups excluding carboxylic acids is 3. The fourth-order valence-electron chi connectivity index (χ4n) is 8.28. The molecule has 0 aliphatic carbocycles. The minimum Gasteiger partial charge on any atom is -0.462 e. The zero-order valence-electron chi connectivity index (χ0n) is 44.0. The van der Waals surface area contributed by atoms with Gasteiger partial charge in [-0.15, -0.1) is 0 Å². The van der Waals surface area contributed by atoms with Gasteiger partial charge in [-0.3, -0.25) is 14.4 Å². The molecule has 0 unspecified atom stereocenters. The van der Waals surface area contributed by atoms with Crippen LogP contribution >= 0.6 is 0 Å². The molecule has 0 rings (SSSR count). The Morgan fingerprint density at radius 3 is 0.939 bits per heavy atom. The highest BCUT2D eigenvalue weighted by molar-refractivity contribution is 5.71. The van der Waals surface area contributed by atoms with Crippen molar-refractivity contribution in [1.29, 1.82) is 0 Å². The van der Waals surface area contributed by atoms with Crippen molar-refractivity contribution in [3.63, 3.8) is 0 Å². The van der Waals surface area contributed by atoms with E-state index in [1.807, 2.05) is 0 Å². The summed E-state index contributed by atoms with van der Waals surface area (Å²) >= 11 is 0. The van der Waals surface area contributed by atoms with Gasteiger partial charge in [0.1, 0.15) is 13.2 Å². The fourth-order valence-corrected chi connectivity index (χ4v) is 8.28. The van der Waals surface area contributed by atoms with Crippen LogP contribution in [0.2, 0.25) is 0 Å². The molecule has 0 aromatic rings. The van der Waals surface area contributed by atoms with Gasteiger partial charge in [0.25, 0.3) is 0 Å². The second kappa shape index (κ2) is 55.0. The lowest BCUT2D eigenvalue weighted by molar-refractivity contribution is -0.167. The van der Waals surface area contributed by atoms with Crippen molar-refractivity contribution in [2.75, 3.05) is 13.2 Å². The van der Waals surface area contributed by atoms with Crippen molar-refractivity contribution in [1.82, 2.24) is 0 Å². The number of hydrogen-bond donors (Lipinski definition) is 0. The molecular formula is C60H108O6. The Morgan fingerprint density at radius 2 is 0.591 bits per heavy atom. The lowest BCUT2D eigenvalue weighted by atomic mass is 10.0. The van der Waals surface area contributed by atoms with E-state index < -0.39 is 6.10 Å². The van der Waals surface area contributed by atoms with Crippen LogP contribution in [-0.2, 0) is 28.6 Å². The largest absolute Gasteiger partial charge is 0.462 e. The first kappa shape index (κ1) is 63.4. The van der Waals surface area contributed by atoms with E-state index in [9.17, 15) is 14.4 Å². The average Bonchev–Trinajstić information content (AvgIpc) is 3.31. The summed E-state index contributed by atoms with van der Waals surface area (Å²) in [5.41, 5.74) is 0. The molecule has 0 spiro atoms. The van der Waals surface area contributed by atoms with Gasteiger partial charge in [-0.05, 0) is 77.0 Å².